The largest absolute Gasteiger partial charge is 0.361 e. The van der Waals surface area contributed by atoms with Gasteiger partial charge in [0.05, 0.1) is 6.42 Å². The van der Waals surface area contributed by atoms with Gasteiger partial charge in [-0.3, -0.25) is 4.79 Å². The van der Waals surface area contributed by atoms with Gasteiger partial charge in [-0.2, -0.15) is 0 Å². The number of aromatic amines is 1. The Hall–Kier alpha value is -2.62. The van der Waals surface area contributed by atoms with Crippen molar-refractivity contribution in [3.8, 4) is 0 Å². The summed E-state index contributed by atoms with van der Waals surface area (Å²) in [5.41, 5.74) is 3.62. The van der Waals surface area contributed by atoms with Gasteiger partial charge in [-0.25, -0.2) is 4.39 Å². The Morgan fingerprint density at radius 1 is 1.17 bits per heavy atom. The fraction of sp³-hybridized carbons (Fsp3) is 0.211. The molecule has 3 aromatic rings. The molecule has 3 nitrogen and oxygen atoms in total. The molecule has 0 saturated heterocycles. The number of fused-ring (bicyclic) bond motifs is 1. The summed E-state index contributed by atoms with van der Waals surface area (Å²) < 4.78 is 13.4. The van der Waals surface area contributed by atoms with Crippen molar-refractivity contribution in [1.29, 1.82) is 0 Å². The minimum absolute atomic E-state index is 0.118. The maximum atomic E-state index is 13.4. The number of carbonyl (C=O) groups is 1. The lowest BCUT2D eigenvalue weighted by molar-refractivity contribution is -0.115. The SMILES string of the molecule is CC(C)c1ccc(NC(=O)Cc2c[nH]c3ccc(F)cc23)cc1. The van der Waals surface area contributed by atoms with E-state index in [9.17, 15) is 9.18 Å². The molecule has 3 rings (SSSR count). The molecule has 0 spiro atoms. The molecule has 118 valence electrons. The van der Waals surface area contributed by atoms with Crippen LogP contribution in [0.1, 0.15) is 30.9 Å². The highest BCUT2D eigenvalue weighted by atomic mass is 19.1. The molecule has 0 saturated carbocycles. The number of carbonyl (C=O) groups excluding carboxylic acids is 1. The standard InChI is InChI=1S/C19H19FN2O/c1-12(2)13-3-6-16(7-4-13)22-19(23)9-14-11-21-18-8-5-15(20)10-17(14)18/h3-8,10-12,21H,9H2,1-2H3,(H,22,23). The maximum Gasteiger partial charge on any atom is 0.228 e. The zero-order valence-corrected chi connectivity index (χ0v) is 13.2. The summed E-state index contributed by atoms with van der Waals surface area (Å²) in [6.45, 7) is 4.26. The van der Waals surface area contributed by atoms with Gasteiger partial charge in [0.15, 0.2) is 0 Å². The average Bonchev–Trinajstić information content (AvgIpc) is 2.90. The lowest BCUT2D eigenvalue weighted by Gasteiger charge is -2.08. The summed E-state index contributed by atoms with van der Waals surface area (Å²) in [4.78, 5) is 15.3. The molecule has 1 amide bonds. The molecule has 2 N–H and O–H groups in total. The van der Waals surface area contributed by atoms with E-state index in [1.807, 2.05) is 24.3 Å². The van der Waals surface area contributed by atoms with Crippen molar-refractivity contribution in [1.82, 2.24) is 4.98 Å². The van der Waals surface area contributed by atoms with Gasteiger partial charge in [-0.1, -0.05) is 26.0 Å². The van der Waals surface area contributed by atoms with Crippen LogP contribution < -0.4 is 5.32 Å². The topological polar surface area (TPSA) is 44.9 Å². The van der Waals surface area contributed by atoms with Crippen molar-refractivity contribution in [2.75, 3.05) is 5.32 Å². The number of H-pyrrole nitrogens is 1. The van der Waals surface area contributed by atoms with Crippen LogP contribution in [0.3, 0.4) is 0 Å². The fourth-order valence-electron chi connectivity index (χ4n) is 2.63. The first-order valence-corrected chi connectivity index (χ1v) is 7.68. The van der Waals surface area contributed by atoms with E-state index in [4.69, 9.17) is 0 Å². The number of aromatic nitrogens is 1. The predicted molar refractivity (Wildman–Crippen MR) is 91.1 cm³/mol. The highest BCUT2D eigenvalue weighted by Crippen LogP contribution is 2.21. The molecular formula is C19H19FN2O. The van der Waals surface area contributed by atoms with E-state index in [1.165, 1.54) is 17.7 Å². The van der Waals surface area contributed by atoms with Crippen molar-refractivity contribution in [2.45, 2.75) is 26.2 Å². The van der Waals surface area contributed by atoms with Gasteiger partial charge in [0.1, 0.15) is 5.82 Å². The number of hydrogen-bond acceptors (Lipinski definition) is 1. The van der Waals surface area contributed by atoms with E-state index >= 15 is 0 Å². The molecule has 23 heavy (non-hydrogen) atoms. The number of anilines is 1. The fourth-order valence-corrected chi connectivity index (χ4v) is 2.63. The highest BCUT2D eigenvalue weighted by molar-refractivity contribution is 5.95. The molecule has 0 fully saturated rings. The van der Waals surface area contributed by atoms with Crippen LogP contribution in [-0.2, 0) is 11.2 Å². The Balaban J connectivity index is 1.72. The molecule has 0 bridgehead atoms. The summed E-state index contributed by atoms with van der Waals surface area (Å²) in [6.07, 6.45) is 1.96. The van der Waals surface area contributed by atoms with Gasteiger partial charge in [-0.05, 0) is 47.4 Å². The Labute approximate surface area is 134 Å². The quantitative estimate of drug-likeness (QED) is 0.726. The lowest BCUT2D eigenvalue weighted by atomic mass is 10.0. The molecule has 0 aliphatic rings. The molecule has 0 unspecified atom stereocenters. The van der Waals surface area contributed by atoms with Gasteiger partial charge in [0, 0.05) is 22.8 Å². The van der Waals surface area contributed by atoms with Gasteiger partial charge < -0.3 is 10.3 Å². The third kappa shape index (κ3) is 3.42. The van der Waals surface area contributed by atoms with Gasteiger partial charge in [0.25, 0.3) is 0 Å². The molecule has 1 heterocycles. The third-order valence-corrected chi connectivity index (χ3v) is 3.94. The van der Waals surface area contributed by atoms with Crippen LogP contribution in [0.4, 0.5) is 10.1 Å². The molecule has 4 heteroatoms. The molecule has 0 aliphatic heterocycles. The first kappa shape index (κ1) is 15.3. The first-order valence-electron chi connectivity index (χ1n) is 7.68. The van der Waals surface area contributed by atoms with Crippen molar-refractivity contribution in [3.63, 3.8) is 0 Å². The zero-order chi connectivity index (χ0) is 16.4. The number of nitrogens with one attached hydrogen (secondary N) is 2. The van der Waals surface area contributed by atoms with Crippen LogP contribution in [-0.4, -0.2) is 10.9 Å². The monoisotopic (exact) mass is 310 g/mol. The number of hydrogen-bond donors (Lipinski definition) is 2. The summed E-state index contributed by atoms with van der Waals surface area (Å²) in [7, 11) is 0. The van der Waals surface area contributed by atoms with Crippen molar-refractivity contribution in [3.05, 3.63) is 65.6 Å². The average molecular weight is 310 g/mol. The van der Waals surface area contributed by atoms with Gasteiger partial charge >= 0.3 is 0 Å². The maximum absolute atomic E-state index is 13.4. The van der Waals surface area contributed by atoms with E-state index in [1.54, 1.807) is 12.3 Å². The zero-order valence-electron chi connectivity index (χ0n) is 13.2. The van der Waals surface area contributed by atoms with E-state index < -0.39 is 0 Å². The summed E-state index contributed by atoms with van der Waals surface area (Å²) >= 11 is 0. The van der Waals surface area contributed by atoms with Crippen molar-refractivity contribution >= 4 is 22.5 Å². The van der Waals surface area contributed by atoms with Crippen molar-refractivity contribution < 1.29 is 9.18 Å². The molecule has 0 radical (unpaired) electrons. The molecule has 2 aromatic carbocycles. The lowest BCUT2D eigenvalue weighted by Crippen LogP contribution is -2.14. The van der Waals surface area contributed by atoms with Crippen LogP contribution in [0.2, 0.25) is 0 Å². The van der Waals surface area contributed by atoms with E-state index in [-0.39, 0.29) is 18.1 Å². The molecular weight excluding hydrogens is 291 g/mol. The Morgan fingerprint density at radius 2 is 1.91 bits per heavy atom. The van der Waals surface area contributed by atoms with Crippen LogP contribution in [0.15, 0.2) is 48.7 Å². The Kier molecular flexibility index (Phi) is 4.15. The second-order valence-corrected chi connectivity index (χ2v) is 6.01. The summed E-state index contributed by atoms with van der Waals surface area (Å²) in [5, 5.41) is 3.62. The second kappa shape index (κ2) is 6.24. The third-order valence-electron chi connectivity index (χ3n) is 3.94. The Bertz CT molecular complexity index is 834. The van der Waals surface area contributed by atoms with Crippen LogP contribution in [0, 0.1) is 5.82 Å². The summed E-state index contributed by atoms with van der Waals surface area (Å²) in [5.74, 6) is 0.0383. The number of amides is 1. The van der Waals surface area contributed by atoms with Crippen LogP contribution in [0.25, 0.3) is 10.9 Å². The number of benzene rings is 2. The molecule has 1 aromatic heterocycles. The minimum atomic E-state index is -0.303. The van der Waals surface area contributed by atoms with Crippen molar-refractivity contribution in [2.24, 2.45) is 0 Å². The smallest absolute Gasteiger partial charge is 0.228 e. The van der Waals surface area contributed by atoms with E-state index in [2.05, 4.69) is 24.1 Å². The van der Waals surface area contributed by atoms with Crippen LogP contribution >= 0.6 is 0 Å². The minimum Gasteiger partial charge on any atom is -0.361 e. The van der Waals surface area contributed by atoms with Crippen LogP contribution in [0.5, 0.6) is 0 Å². The van der Waals surface area contributed by atoms with Gasteiger partial charge in [-0.15, -0.1) is 0 Å². The normalized spacial score (nSPS) is 11.1. The molecule has 0 atom stereocenters. The van der Waals surface area contributed by atoms with E-state index in [0.717, 1.165) is 22.2 Å². The predicted octanol–water partition coefficient (Wildman–Crippen LogP) is 4.61. The highest BCUT2D eigenvalue weighted by Gasteiger charge is 2.10. The van der Waals surface area contributed by atoms with Gasteiger partial charge in [0.2, 0.25) is 5.91 Å². The second-order valence-electron chi connectivity index (χ2n) is 6.01. The number of halogens is 1. The molecule has 0 aliphatic carbocycles. The Morgan fingerprint density at radius 3 is 2.61 bits per heavy atom. The number of rotatable bonds is 4. The summed E-state index contributed by atoms with van der Waals surface area (Å²) in [6, 6.07) is 12.4. The first-order chi connectivity index (χ1) is 11.0. The van der Waals surface area contributed by atoms with E-state index in [0.29, 0.717) is 5.92 Å².